The summed E-state index contributed by atoms with van der Waals surface area (Å²) in [6.07, 6.45) is 0.740. The highest BCUT2D eigenvalue weighted by Gasteiger charge is 2.47. The molecule has 26 heavy (non-hydrogen) atoms. The topological polar surface area (TPSA) is 113 Å². The first kappa shape index (κ1) is 17.1. The first-order valence-corrected chi connectivity index (χ1v) is 9.68. The molecular formula is C16H16FN3O5S. The summed E-state index contributed by atoms with van der Waals surface area (Å²) in [5.41, 5.74) is 0.824. The van der Waals surface area contributed by atoms with Gasteiger partial charge in [0.25, 0.3) is 0 Å². The van der Waals surface area contributed by atoms with Crippen molar-refractivity contribution in [2.45, 2.75) is 24.2 Å². The monoisotopic (exact) mass is 381 g/mol. The van der Waals surface area contributed by atoms with E-state index in [4.69, 9.17) is 0 Å². The molecule has 3 amide bonds. The molecule has 138 valence electrons. The number of aryl methyl sites for hydroxylation is 1. The molecule has 2 fully saturated rings. The lowest BCUT2D eigenvalue weighted by Crippen LogP contribution is -2.45. The van der Waals surface area contributed by atoms with Crippen molar-refractivity contribution in [1.29, 1.82) is 0 Å². The molecule has 10 heteroatoms. The summed E-state index contributed by atoms with van der Waals surface area (Å²) >= 11 is 0. The number of benzene rings is 1. The van der Waals surface area contributed by atoms with Gasteiger partial charge in [0.1, 0.15) is 10.7 Å². The SMILES string of the molecule is O=C1CCc2cc(S(=O)(=O)N3CCC4C(=O)NC(=O)C4C3)c(F)cc2N1. The Balaban J connectivity index is 1.66. The van der Waals surface area contributed by atoms with E-state index < -0.39 is 38.5 Å². The number of fused-ring (bicyclic) bond motifs is 2. The number of nitrogens with zero attached hydrogens (tertiary/aromatic N) is 1. The zero-order valence-electron chi connectivity index (χ0n) is 13.6. The number of hydrogen-bond acceptors (Lipinski definition) is 5. The Morgan fingerprint density at radius 3 is 2.54 bits per heavy atom. The molecule has 2 atom stereocenters. The molecule has 0 radical (unpaired) electrons. The highest BCUT2D eigenvalue weighted by molar-refractivity contribution is 7.89. The molecule has 1 aromatic rings. The number of carbonyl (C=O) groups is 3. The van der Waals surface area contributed by atoms with Crippen LogP contribution < -0.4 is 10.6 Å². The van der Waals surface area contributed by atoms with Crippen LogP contribution in [0.2, 0.25) is 0 Å². The Labute approximate surface area is 148 Å². The molecule has 0 aliphatic carbocycles. The molecule has 4 rings (SSSR count). The van der Waals surface area contributed by atoms with Crippen molar-refractivity contribution < 1.29 is 27.2 Å². The second-order valence-corrected chi connectivity index (χ2v) is 8.61. The Bertz CT molecular complexity index is 945. The van der Waals surface area contributed by atoms with Gasteiger partial charge in [0.15, 0.2) is 0 Å². The van der Waals surface area contributed by atoms with Gasteiger partial charge < -0.3 is 5.32 Å². The lowest BCUT2D eigenvalue weighted by Gasteiger charge is -2.32. The molecule has 0 saturated carbocycles. The Morgan fingerprint density at radius 2 is 1.77 bits per heavy atom. The minimum absolute atomic E-state index is 0.0391. The summed E-state index contributed by atoms with van der Waals surface area (Å²) in [4.78, 5) is 34.5. The van der Waals surface area contributed by atoms with E-state index in [0.29, 0.717) is 12.0 Å². The van der Waals surface area contributed by atoms with Gasteiger partial charge in [0.05, 0.1) is 11.8 Å². The van der Waals surface area contributed by atoms with Gasteiger partial charge in [0, 0.05) is 25.2 Å². The van der Waals surface area contributed by atoms with E-state index in [2.05, 4.69) is 10.6 Å². The number of hydrogen-bond donors (Lipinski definition) is 2. The van der Waals surface area contributed by atoms with E-state index in [-0.39, 0.29) is 43.4 Å². The molecule has 1 aromatic carbocycles. The average molecular weight is 381 g/mol. The molecule has 3 aliphatic heterocycles. The maximum Gasteiger partial charge on any atom is 0.246 e. The maximum absolute atomic E-state index is 14.5. The molecule has 8 nitrogen and oxygen atoms in total. The summed E-state index contributed by atoms with van der Waals surface area (Å²) in [6, 6.07) is 2.25. The van der Waals surface area contributed by atoms with Crippen LogP contribution in [0, 0.1) is 17.7 Å². The van der Waals surface area contributed by atoms with Crippen LogP contribution in [0.1, 0.15) is 18.4 Å². The predicted octanol–water partition coefficient (Wildman–Crippen LogP) is -0.00640. The molecule has 2 saturated heterocycles. The molecule has 0 bridgehead atoms. The van der Waals surface area contributed by atoms with E-state index >= 15 is 0 Å². The molecule has 2 N–H and O–H groups in total. The molecule has 0 spiro atoms. The van der Waals surface area contributed by atoms with Gasteiger partial charge >= 0.3 is 0 Å². The predicted molar refractivity (Wildman–Crippen MR) is 86.9 cm³/mol. The fourth-order valence-electron chi connectivity index (χ4n) is 3.74. The van der Waals surface area contributed by atoms with Gasteiger partial charge in [0.2, 0.25) is 27.7 Å². The molecular weight excluding hydrogens is 365 g/mol. The van der Waals surface area contributed by atoms with Crippen molar-refractivity contribution in [3.05, 3.63) is 23.5 Å². The van der Waals surface area contributed by atoms with Crippen LogP contribution in [0.25, 0.3) is 0 Å². The van der Waals surface area contributed by atoms with Crippen LogP contribution in [0.3, 0.4) is 0 Å². The van der Waals surface area contributed by atoms with Crippen molar-refractivity contribution in [2.75, 3.05) is 18.4 Å². The van der Waals surface area contributed by atoms with E-state index in [0.717, 1.165) is 10.4 Å². The van der Waals surface area contributed by atoms with Gasteiger partial charge in [-0.1, -0.05) is 0 Å². The number of nitrogens with one attached hydrogen (secondary N) is 2. The number of anilines is 1. The third-order valence-electron chi connectivity index (χ3n) is 5.17. The summed E-state index contributed by atoms with van der Waals surface area (Å²) < 4.78 is 41.4. The maximum atomic E-state index is 14.5. The second kappa shape index (κ2) is 5.85. The van der Waals surface area contributed by atoms with E-state index in [1.54, 1.807) is 0 Å². The second-order valence-electron chi connectivity index (χ2n) is 6.71. The fraction of sp³-hybridized carbons (Fsp3) is 0.438. The number of piperidine rings is 1. The summed E-state index contributed by atoms with van der Waals surface area (Å²) in [6.45, 7) is -0.116. The van der Waals surface area contributed by atoms with Gasteiger partial charge in [-0.2, -0.15) is 4.31 Å². The van der Waals surface area contributed by atoms with E-state index in [9.17, 15) is 27.2 Å². The van der Waals surface area contributed by atoms with Crippen LogP contribution in [-0.2, 0) is 30.8 Å². The van der Waals surface area contributed by atoms with Crippen molar-refractivity contribution in [3.63, 3.8) is 0 Å². The fourth-order valence-corrected chi connectivity index (χ4v) is 5.32. The van der Waals surface area contributed by atoms with Crippen molar-refractivity contribution in [1.82, 2.24) is 9.62 Å². The summed E-state index contributed by atoms with van der Waals surface area (Å²) in [5.74, 6) is -3.35. The first-order valence-electron chi connectivity index (χ1n) is 8.24. The number of carbonyl (C=O) groups excluding carboxylic acids is 3. The van der Waals surface area contributed by atoms with E-state index in [1.807, 2.05) is 0 Å². The Morgan fingerprint density at radius 1 is 1.04 bits per heavy atom. The third kappa shape index (κ3) is 2.60. The van der Waals surface area contributed by atoms with Crippen LogP contribution >= 0.6 is 0 Å². The van der Waals surface area contributed by atoms with Crippen molar-refractivity contribution >= 4 is 33.4 Å². The molecule has 3 aliphatic rings. The summed E-state index contributed by atoms with van der Waals surface area (Å²) in [5, 5.41) is 4.74. The van der Waals surface area contributed by atoms with E-state index in [1.165, 1.54) is 6.07 Å². The molecule has 3 heterocycles. The van der Waals surface area contributed by atoms with Crippen molar-refractivity contribution in [2.24, 2.45) is 11.8 Å². The third-order valence-corrected chi connectivity index (χ3v) is 7.05. The highest BCUT2D eigenvalue weighted by atomic mass is 32.2. The Hall–Kier alpha value is -2.33. The number of imide groups is 1. The standard InChI is InChI=1S/C16H16FN3O5S/c17-11-6-12-8(1-2-14(21)18-12)5-13(11)26(24,25)20-4-3-9-10(7-20)16(23)19-15(9)22/h5-6,9-10H,1-4,7H2,(H,18,21)(H,19,22,23). The van der Waals surface area contributed by atoms with Gasteiger partial charge in [-0.05, 0) is 30.5 Å². The van der Waals surface area contributed by atoms with Crippen LogP contribution in [0.5, 0.6) is 0 Å². The number of halogens is 1. The average Bonchev–Trinajstić information content (AvgIpc) is 2.88. The largest absolute Gasteiger partial charge is 0.326 e. The first-order chi connectivity index (χ1) is 12.3. The number of amides is 3. The lowest BCUT2D eigenvalue weighted by molar-refractivity contribution is -0.126. The molecule has 0 aromatic heterocycles. The van der Waals surface area contributed by atoms with Gasteiger partial charge in [-0.3, -0.25) is 19.7 Å². The van der Waals surface area contributed by atoms with Crippen molar-refractivity contribution in [3.8, 4) is 0 Å². The van der Waals surface area contributed by atoms with Gasteiger partial charge in [-0.15, -0.1) is 0 Å². The smallest absolute Gasteiger partial charge is 0.246 e. The number of rotatable bonds is 2. The summed E-state index contributed by atoms with van der Waals surface area (Å²) in [7, 11) is -4.16. The minimum Gasteiger partial charge on any atom is -0.326 e. The van der Waals surface area contributed by atoms with Crippen LogP contribution in [-0.4, -0.2) is 43.5 Å². The zero-order chi connectivity index (χ0) is 18.6. The minimum atomic E-state index is -4.16. The highest BCUT2D eigenvalue weighted by Crippen LogP contribution is 2.34. The molecule has 2 unspecified atom stereocenters. The van der Waals surface area contributed by atoms with Crippen LogP contribution in [0.15, 0.2) is 17.0 Å². The quantitative estimate of drug-likeness (QED) is 0.700. The normalized spacial score (nSPS) is 26.1. The zero-order valence-corrected chi connectivity index (χ0v) is 14.4. The lowest BCUT2D eigenvalue weighted by atomic mass is 9.89. The van der Waals surface area contributed by atoms with Gasteiger partial charge in [-0.25, -0.2) is 12.8 Å². The van der Waals surface area contributed by atoms with Crippen LogP contribution in [0.4, 0.5) is 10.1 Å². The Kier molecular flexibility index (Phi) is 3.85. The number of sulfonamides is 1.